The highest BCUT2D eigenvalue weighted by molar-refractivity contribution is 7.86. The Labute approximate surface area is 138 Å². The van der Waals surface area contributed by atoms with Gasteiger partial charge in [0.2, 0.25) is 0 Å². The second kappa shape index (κ2) is 10.5. The summed E-state index contributed by atoms with van der Waals surface area (Å²) in [6.45, 7) is 10.3. The Hall–Kier alpha value is -1.26. The van der Waals surface area contributed by atoms with Crippen LogP contribution < -0.4 is 0 Å². The van der Waals surface area contributed by atoms with E-state index < -0.39 is 28.3 Å². The van der Waals surface area contributed by atoms with Crippen LogP contribution in [0.15, 0.2) is 25.3 Å². The molecule has 0 fully saturated rings. The first-order valence-electron chi connectivity index (χ1n) is 7.01. The van der Waals surface area contributed by atoms with Gasteiger partial charge < -0.3 is 4.74 Å². The van der Waals surface area contributed by atoms with Gasteiger partial charge in [-0.2, -0.15) is 17.0 Å². The van der Waals surface area contributed by atoms with Crippen LogP contribution in [0.5, 0.6) is 0 Å². The van der Waals surface area contributed by atoms with Crippen molar-refractivity contribution in [2.75, 3.05) is 33.9 Å². The van der Waals surface area contributed by atoms with Crippen LogP contribution in [-0.4, -0.2) is 69.0 Å². The van der Waals surface area contributed by atoms with Crippen molar-refractivity contribution in [3.63, 3.8) is 0 Å². The second-order valence-electron chi connectivity index (χ2n) is 4.72. The number of nitrogens with zero attached hydrogens (tertiary/aromatic N) is 2. The van der Waals surface area contributed by atoms with Gasteiger partial charge in [-0.15, -0.1) is 13.2 Å². The smallest absolute Gasteiger partial charge is 0.323 e. The van der Waals surface area contributed by atoms with Crippen molar-refractivity contribution in [2.24, 2.45) is 0 Å². The van der Waals surface area contributed by atoms with Gasteiger partial charge in [0.25, 0.3) is 10.2 Å². The van der Waals surface area contributed by atoms with Crippen LogP contribution in [-0.2, 0) is 29.5 Å². The lowest BCUT2D eigenvalue weighted by Gasteiger charge is -2.34. The Morgan fingerprint density at radius 2 is 1.65 bits per heavy atom. The highest BCUT2D eigenvalue weighted by atomic mass is 32.2. The number of methoxy groups -OCH3 is 1. The number of ether oxygens (including phenoxy) is 1. The fourth-order valence-corrected chi connectivity index (χ4v) is 3.74. The first-order valence-corrected chi connectivity index (χ1v) is 8.41. The summed E-state index contributed by atoms with van der Waals surface area (Å²) in [5.41, 5.74) is 0. The average Bonchev–Trinajstić information content (AvgIpc) is 2.53. The Bertz CT molecular complexity index is 493. The molecule has 0 rings (SSSR count). The van der Waals surface area contributed by atoms with E-state index in [0.717, 1.165) is 4.31 Å². The van der Waals surface area contributed by atoms with Crippen LogP contribution in [0, 0.1) is 0 Å². The van der Waals surface area contributed by atoms with E-state index in [1.807, 2.05) is 0 Å². The van der Waals surface area contributed by atoms with Gasteiger partial charge in [-0.3, -0.25) is 4.79 Å². The van der Waals surface area contributed by atoms with Gasteiger partial charge in [0.1, 0.15) is 6.04 Å². The predicted molar refractivity (Wildman–Crippen MR) is 86.6 cm³/mol. The molecule has 2 unspecified atom stereocenters. The molecule has 0 aliphatic carbocycles. The molecule has 0 saturated carbocycles. The van der Waals surface area contributed by atoms with E-state index >= 15 is 0 Å². The number of rotatable bonds is 12. The Morgan fingerprint density at radius 1 is 1.13 bits per heavy atom. The van der Waals surface area contributed by atoms with E-state index in [1.54, 1.807) is 6.92 Å². The minimum atomic E-state index is -3.98. The van der Waals surface area contributed by atoms with Crippen LogP contribution in [0.2, 0.25) is 0 Å². The van der Waals surface area contributed by atoms with Crippen LogP contribution in [0.25, 0.3) is 0 Å². The molecule has 0 spiro atoms. The van der Waals surface area contributed by atoms with Crippen molar-refractivity contribution in [1.29, 1.82) is 0 Å². The van der Waals surface area contributed by atoms with E-state index in [-0.39, 0.29) is 19.7 Å². The van der Waals surface area contributed by atoms with Gasteiger partial charge in [-0.1, -0.05) is 12.2 Å². The van der Waals surface area contributed by atoms with Crippen LogP contribution in [0.4, 0.5) is 0 Å². The van der Waals surface area contributed by atoms with Crippen molar-refractivity contribution in [3.8, 4) is 0 Å². The maximum absolute atomic E-state index is 12.9. The van der Waals surface area contributed by atoms with Crippen molar-refractivity contribution in [3.05, 3.63) is 25.3 Å². The standard InChI is InChI=1S/C14H26N2O6S/c1-7-9-15(12(3)11-22-21-6)23(18,19)16(10-8-2)13(4)14(17)20-5/h7-8,12-13H,1-2,9-11H2,3-6H3. The van der Waals surface area contributed by atoms with E-state index in [2.05, 4.69) is 22.8 Å². The first-order chi connectivity index (χ1) is 10.8. The molecule has 0 bridgehead atoms. The summed E-state index contributed by atoms with van der Waals surface area (Å²) < 4.78 is 32.7. The SMILES string of the molecule is C=CCN(C(C)COOC)S(=O)(=O)N(CC=C)C(C)C(=O)OC. The molecule has 0 heterocycles. The number of hydrogen-bond acceptors (Lipinski definition) is 6. The number of carbonyl (C=O) groups is 1. The highest BCUT2D eigenvalue weighted by Crippen LogP contribution is 2.17. The van der Waals surface area contributed by atoms with Gasteiger partial charge in [0, 0.05) is 13.1 Å². The summed E-state index contributed by atoms with van der Waals surface area (Å²) in [5.74, 6) is -0.658. The quantitative estimate of drug-likeness (QED) is 0.223. The lowest BCUT2D eigenvalue weighted by molar-refractivity contribution is -0.277. The van der Waals surface area contributed by atoms with Crippen molar-refractivity contribution < 1.29 is 27.7 Å². The molecule has 2 atom stereocenters. The lowest BCUT2D eigenvalue weighted by atomic mass is 10.3. The molecule has 23 heavy (non-hydrogen) atoms. The maximum atomic E-state index is 12.9. The van der Waals surface area contributed by atoms with Gasteiger partial charge >= 0.3 is 5.97 Å². The molecule has 0 amide bonds. The molecule has 134 valence electrons. The third-order valence-electron chi connectivity index (χ3n) is 3.10. The summed E-state index contributed by atoms with van der Waals surface area (Å²) in [6, 6.07) is -1.53. The topological polar surface area (TPSA) is 85.4 Å². The number of esters is 1. The Morgan fingerprint density at radius 3 is 2.09 bits per heavy atom. The second-order valence-corrected chi connectivity index (χ2v) is 6.56. The third-order valence-corrected chi connectivity index (χ3v) is 5.26. The molecule has 0 aromatic carbocycles. The van der Waals surface area contributed by atoms with E-state index in [0.29, 0.717) is 0 Å². The van der Waals surface area contributed by atoms with Crippen molar-refractivity contribution in [1.82, 2.24) is 8.61 Å². The molecule has 8 nitrogen and oxygen atoms in total. The monoisotopic (exact) mass is 350 g/mol. The zero-order valence-electron chi connectivity index (χ0n) is 14.1. The molecule has 0 radical (unpaired) electrons. The Balaban J connectivity index is 5.62. The molecule has 0 aliphatic rings. The van der Waals surface area contributed by atoms with Gasteiger partial charge in [-0.05, 0) is 13.8 Å². The molecule has 0 saturated heterocycles. The number of hydrogen-bond donors (Lipinski definition) is 0. The molecule has 0 aromatic heterocycles. The number of carbonyl (C=O) groups excluding carboxylic acids is 1. The first kappa shape index (κ1) is 21.7. The summed E-state index contributed by atoms with van der Waals surface area (Å²) in [6.07, 6.45) is 2.86. The summed E-state index contributed by atoms with van der Waals surface area (Å²) in [4.78, 5) is 21.1. The lowest BCUT2D eigenvalue weighted by Crippen LogP contribution is -2.53. The minimum absolute atomic E-state index is 0.0259. The fourth-order valence-electron chi connectivity index (χ4n) is 1.88. The predicted octanol–water partition coefficient (Wildman–Crippen LogP) is 0.735. The molecule has 0 aromatic rings. The molecular formula is C14H26N2O6S. The summed E-state index contributed by atoms with van der Waals surface area (Å²) >= 11 is 0. The van der Waals surface area contributed by atoms with E-state index in [4.69, 9.17) is 4.89 Å². The van der Waals surface area contributed by atoms with Crippen LogP contribution >= 0.6 is 0 Å². The highest BCUT2D eigenvalue weighted by Gasteiger charge is 2.37. The van der Waals surface area contributed by atoms with E-state index in [9.17, 15) is 13.2 Å². The average molecular weight is 350 g/mol. The van der Waals surface area contributed by atoms with Crippen LogP contribution in [0.1, 0.15) is 13.8 Å². The van der Waals surface area contributed by atoms with Gasteiger partial charge in [-0.25, -0.2) is 9.78 Å². The zero-order chi connectivity index (χ0) is 18.0. The maximum Gasteiger partial charge on any atom is 0.323 e. The molecular weight excluding hydrogens is 324 g/mol. The summed E-state index contributed by atoms with van der Waals surface area (Å²) in [7, 11) is -1.45. The Kier molecular flexibility index (Phi) is 9.93. The third kappa shape index (κ3) is 6.04. The van der Waals surface area contributed by atoms with Gasteiger partial charge in [0.05, 0.1) is 26.9 Å². The molecule has 0 N–H and O–H groups in total. The summed E-state index contributed by atoms with van der Waals surface area (Å²) in [5, 5.41) is 0. The molecule has 9 heteroatoms. The van der Waals surface area contributed by atoms with Crippen molar-refractivity contribution in [2.45, 2.75) is 25.9 Å². The fraction of sp³-hybridized carbons (Fsp3) is 0.643. The molecule has 0 aliphatic heterocycles. The minimum Gasteiger partial charge on any atom is -0.468 e. The van der Waals surface area contributed by atoms with E-state index in [1.165, 1.54) is 37.6 Å². The normalized spacial score (nSPS) is 14.5. The van der Waals surface area contributed by atoms with Gasteiger partial charge in [0.15, 0.2) is 0 Å². The largest absolute Gasteiger partial charge is 0.468 e. The zero-order valence-corrected chi connectivity index (χ0v) is 14.9. The van der Waals surface area contributed by atoms with Crippen LogP contribution in [0.3, 0.4) is 0 Å². The van der Waals surface area contributed by atoms with Crippen molar-refractivity contribution >= 4 is 16.2 Å².